The third-order valence-corrected chi connectivity index (χ3v) is 6.16. The molecule has 2 heterocycles. The first kappa shape index (κ1) is 19.2. The van der Waals surface area contributed by atoms with Crippen LogP contribution in [0.5, 0.6) is 0 Å². The van der Waals surface area contributed by atoms with E-state index in [4.69, 9.17) is 4.99 Å². The molecule has 31 heavy (non-hydrogen) atoms. The second-order valence-corrected chi connectivity index (χ2v) is 7.93. The number of carbonyl (C=O) groups excluding carboxylic acids is 2. The van der Waals surface area contributed by atoms with Gasteiger partial charge in [-0.3, -0.25) is 19.5 Å². The van der Waals surface area contributed by atoms with Gasteiger partial charge in [-0.15, -0.1) is 0 Å². The average molecular weight is 409 g/mol. The molecule has 0 N–H and O–H groups in total. The van der Waals surface area contributed by atoms with Gasteiger partial charge in [0.1, 0.15) is 0 Å². The number of imide groups is 1. The summed E-state index contributed by atoms with van der Waals surface area (Å²) in [6, 6.07) is 25.6. The van der Waals surface area contributed by atoms with E-state index in [0.29, 0.717) is 30.6 Å². The first-order valence-electron chi connectivity index (χ1n) is 10.5. The molecule has 1 atom stereocenters. The van der Waals surface area contributed by atoms with E-state index in [0.717, 1.165) is 22.5 Å². The Kier molecular flexibility index (Phi) is 4.86. The molecule has 0 saturated carbocycles. The van der Waals surface area contributed by atoms with Gasteiger partial charge in [-0.25, -0.2) is 0 Å². The number of hydrogen-bond donors (Lipinski definition) is 0. The zero-order chi connectivity index (χ0) is 21.4. The van der Waals surface area contributed by atoms with Crippen LogP contribution in [0.4, 0.5) is 5.69 Å². The lowest BCUT2D eigenvalue weighted by Crippen LogP contribution is -2.39. The van der Waals surface area contributed by atoms with Crippen molar-refractivity contribution in [1.29, 1.82) is 0 Å². The Hall–Kier alpha value is -3.73. The van der Waals surface area contributed by atoms with Gasteiger partial charge in [0.15, 0.2) is 0 Å². The highest BCUT2D eigenvalue weighted by Gasteiger charge is 2.35. The zero-order valence-electron chi connectivity index (χ0n) is 17.4. The average Bonchev–Trinajstić information content (AvgIpc) is 2.97. The highest BCUT2D eigenvalue weighted by atomic mass is 16.2. The SMILES string of the molecule is CN1c2ccccc2C(c2ccccc2)=NCC1CCN1C(=O)c2ccccc2C1=O. The summed E-state index contributed by atoms with van der Waals surface area (Å²) >= 11 is 0. The Labute approximate surface area is 181 Å². The summed E-state index contributed by atoms with van der Waals surface area (Å²) in [6.45, 7) is 0.971. The van der Waals surface area contributed by atoms with Crippen LogP contribution in [0.3, 0.4) is 0 Å². The zero-order valence-corrected chi connectivity index (χ0v) is 17.4. The molecule has 2 aliphatic rings. The van der Waals surface area contributed by atoms with Crippen LogP contribution in [-0.2, 0) is 0 Å². The second kappa shape index (κ2) is 7.84. The number of fused-ring (bicyclic) bond motifs is 2. The quantitative estimate of drug-likeness (QED) is 0.612. The first-order valence-corrected chi connectivity index (χ1v) is 10.5. The molecule has 3 aromatic carbocycles. The minimum atomic E-state index is -0.203. The second-order valence-electron chi connectivity index (χ2n) is 7.93. The van der Waals surface area contributed by atoms with Gasteiger partial charge in [-0.05, 0) is 24.6 Å². The summed E-state index contributed by atoms with van der Waals surface area (Å²) in [5, 5.41) is 0. The van der Waals surface area contributed by atoms with E-state index in [1.807, 2.05) is 30.3 Å². The fraction of sp³-hybridized carbons (Fsp3) is 0.192. The molecule has 0 fully saturated rings. The van der Waals surface area contributed by atoms with Crippen LogP contribution in [0, 0.1) is 0 Å². The van der Waals surface area contributed by atoms with Gasteiger partial charge in [-0.2, -0.15) is 0 Å². The van der Waals surface area contributed by atoms with E-state index in [2.05, 4.69) is 36.2 Å². The summed E-state index contributed by atoms with van der Waals surface area (Å²) in [5.41, 5.74) is 5.26. The molecular weight excluding hydrogens is 386 g/mol. The van der Waals surface area contributed by atoms with E-state index in [1.165, 1.54) is 4.90 Å². The Morgan fingerprint density at radius 2 is 1.39 bits per heavy atom. The van der Waals surface area contributed by atoms with Gasteiger partial charge in [0.05, 0.1) is 23.4 Å². The maximum Gasteiger partial charge on any atom is 0.261 e. The van der Waals surface area contributed by atoms with Crippen molar-refractivity contribution in [2.45, 2.75) is 12.5 Å². The number of anilines is 1. The molecule has 5 heteroatoms. The van der Waals surface area contributed by atoms with E-state index in [9.17, 15) is 9.59 Å². The number of rotatable bonds is 4. The molecule has 154 valence electrons. The Bertz CT molecular complexity index is 1150. The van der Waals surface area contributed by atoms with Crippen molar-refractivity contribution in [2.24, 2.45) is 4.99 Å². The molecule has 3 aromatic rings. The lowest BCUT2D eigenvalue weighted by molar-refractivity contribution is 0.0650. The summed E-state index contributed by atoms with van der Waals surface area (Å²) in [7, 11) is 2.06. The van der Waals surface area contributed by atoms with Crippen molar-refractivity contribution in [3.63, 3.8) is 0 Å². The number of nitrogens with zero attached hydrogens (tertiary/aromatic N) is 3. The molecule has 0 aliphatic carbocycles. The topological polar surface area (TPSA) is 53.0 Å². The van der Waals surface area contributed by atoms with Gasteiger partial charge in [0, 0.05) is 36.4 Å². The molecule has 1 unspecified atom stereocenters. The van der Waals surface area contributed by atoms with Crippen molar-refractivity contribution in [3.8, 4) is 0 Å². The molecule has 0 bridgehead atoms. The lowest BCUT2D eigenvalue weighted by atomic mass is 10.0. The number of para-hydroxylation sites is 1. The summed E-state index contributed by atoms with van der Waals surface area (Å²) in [6.07, 6.45) is 0.655. The smallest absolute Gasteiger partial charge is 0.261 e. The normalized spacial score (nSPS) is 17.8. The molecule has 5 rings (SSSR count). The van der Waals surface area contributed by atoms with Crippen LogP contribution in [-0.4, -0.2) is 48.6 Å². The van der Waals surface area contributed by atoms with Crippen molar-refractivity contribution in [3.05, 3.63) is 101 Å². The van der Waals surface area contributed by atoms with E-state index >= 15 is 0 Å². The van der Waals surface area contributed by atoms with Gasteiger partial charge in [0.2, 0.25) is 0 Å². The first-order chi connectivity index (χ1) is 15.1. The van der Waals surface area contributed by atoms with E-state index in [-0.39, 0.29) is 17.9 Å². The number of carbonyl (C=O) groups is 2. The predicted octanol–water partition coefficient (Wildman–Crippen LogP) is 4.03. The van der Waals surface area contributed by atoms with Gasteiger partial charge in [-0.1, -0.05) is 60.7 Å². The Balaban J connectivity index is 1.41. The molecule has 0 aromatic heterocycles. The van der Waals surface area contributed by atoms with Crippen LogP contribution in [0.25, 0.3) is 0 Å². The lowest BCUT2D eigenvalue weighted by Gasteiger charge is -2.29. The highest BCUT2D eigenvalue weighted by Crippen LogP contribution is 2.29. The molecule has 2 amide bonds. The van der Waals surface area contributed by atoms with Crippen molar-refractivity contribution >= 4 is 23.2 Å². The minimum Gasteiger partial charge on any atom is -0.369 e. The van der Waals surface area contributed by atoms with Crippen molar-refractivity contribution < 1.29 is 9.59 Å². The molecule has 0 spiro atoms. The maximum atomic E-state index is 12.7. The number of likely N-dealkylation sites (N-methyl/N-ethyl adjacent to an activating group) is 1. The standard InChI is InChI=1S/C26H23N3O2/c1-28-19(15-16-29-25(30)20-11-5-6-12-21(20)26(29)31)17-27-24(18-9-3-2-4-10-18)22-13-7-8-14-23(22)28/h2-14,19H,15-17H2,1H3. The molecule has 0 radical (unpaired) electrons. The van der Waals surface area contributed by atoms with Crippen LogP contribution in [0.2, 0.25) is 0 Å². The largest absolute Gasteiger partial charge is 0.369 e. The van der Waals surface area contributed by atoms with Crippen LogP contribution < -0.4 is 4.90 Å². The van der Waals surface area contributed by atoms with Crippen molar-refractivity contribution in [2.75, 3.05) is 25.0 Å². The Morgan fingerprint density at radius 1 is 0.806 bits per heavy atom. The summed E-state index contributed by atoms with van der Waals surface area (Å²) < 4.78 is 0. The Morgan fingerprint density at radius 3 is 2.06 bits per heavy atom. The van der Waals surface area contributed by atoms with Crippen LogP contribution >= 0.6 is 0 Å². The number of benzodiazepines with no additional fused rings is 1. The third kappa shape index (κ3) is 3.32. The van der Waals surface area contributed by atoms with Gasteiger partial charge >= 0.3 is 0 Å². The summed E-state index contributed by atoms with van der Waals surface area (Å²) in [4.78, 5) is 34.0. The minimum absolute atomic E-state index is 0.0756. The third-order valence-electron chi connectivity index (χ3n) is 6.16. The number of aliphatic imine (C=N–C) groups is 1. The van der Waals surface area contributed by atoms with Gasteiger partial charge in [0.25, 0.3) is 11.8 Å². The monoisotopic (exact) mass is 409 g/mol. The fourth-order valence-electron chi connectivity index (χ4n) is 4.43. The number of benzene rings is 3. The fourth-order valence-corrected chi connectivity index (χ4v) is 4.43. The highest BCUT2D eigenvalue weighted by molar-refractivity contribution is 6.21. The number of amides is 2. The van der Waals surface area contributed by atoms with Crippen LogP contribution in [0.15, 0.2) is 83.9 Å². The molecule has 0 saturated heterocycles. The summed E-state index contributed by atoms with van der Waals surface area (Å²) in [5.74, 6) is -0.406. The van der Waals surface area contributed by atoms with Crippen LogP contribution in [0.1, 0.15) is 38.3 Å². The van der Waals surface area contributed by atoms with Crippen molar-refractivity contribution in [1.82, 2.24) is 4.90 Å². The molecule has 5 nitrogen and oxygen atoms in total. The number of hydrogen-bond acceptors (Lipinski definition) is 4. The predicted molar refractivity (Wildman–Crippen MR) is 122 cm³/mol. The van der Waals surface area contributed by atoms with E-state index in [1.54, 1.807) is 24.3 Å². The molecule has 2 aliphatic heterocycles. The van der Waals surface area contributed by atoms with Gasteiger partial charge < -0.3 is 4.90 Å². The molecular formula is C26H23N3O2. The maximum absolute atomic E-state index is 12.7. The van der Waals surface area contributed by atoms with E-state index < -0.39 is 0 Å².